The summed E-state index contributed by atoms with van der Waals surface area (Å²) in [5.74, 6) is 0. The zero-order chi connectivity index (χ0) is 17.0. The maximum absolute atomic E-state index is 13.0. The number of carbonyl (C=O) groups is 1. The lowest BCUT2D eigenvalue weighted by Gasteiger charge is -2.45. The predicted molar refractivity (Wildman–Crippen MR) is 95.4 cm³/mol. The van der Waals surface area contributed by atoms with Crippen LogP contribution in [0, 0.1) is 0 Å². The Balaban J connectivity index is 1.72. The molecule has 0 aromatic heterocycles. The Morgan fingerprint density at radius 2 is 1.96 bits per heavy atom. The Labute approximate surface area is 148 Å². The van der Waals surface area contributed by atoms with Gasteiger partial charge < -0.3 is 20.3 Å². The Hall–Kier alpha value is -1.30. The van der Waals surface area contributed by atoms with Gasteiger partial charge in [-0.3, -0.25) is 0 Å². The number of carbonyl (C=O) groups excluding carboxylic acids is 1. The largest absolute Gasteiger partial charge is 0.381 e. The molecule has 0 unspecified atom stereocenters. The lowest BCUT2D eigenvalue weighted by Crippen LogP contribution is -2.58. The first kappa shape index (κ1) is 17.5. The van der Waals surface area contributed by atoms with Gasteiger partial charge in [0.25, 0.3) is 0 Å². The van der Waals surface area contributed by atoms with Gasteiger partial charge in [-0.2, -0.15) is 0 Å². The summed E-state index contributed by atoms with van der Waals surface area (Å²) in [6.45, 7) is 6.00. The smallest absolute Gasteiger partial charge is 0.318 e. The molecule has 6 heteroatoms. The number of urea groups is 1. The van der Waals surface area contributed by atoms with Crippen molar-refractivity contribution in [2.45, 2.75) is 37.8 Å². The minimum Gasteiger partial charge on any atom is -0.381 e. The maximum atomic E-state index is 13.0. The number of hydrogen-bond acceptors (Lipinski definition) is 3. The van der Waals surface area contributed by atoms with E-state index >= 15 is 0 Å². The van der Waals surface area contributed by atoms with Gasteiger partial charge in [0.1, 0.15) is 0 Å². The van der Waals surface area contributed by atoms with Gasteiger partial charge in [-0.15, -0.1) is 0 Å². The standard InChI is InChI=1S/C18H26ClN3O2/c1-14(15-2-4-16(19)5-3-15)21-17(23)22-11-10-20-9-6-18(22)7-12-24-13-8-18/h2-5,14,20H,6-13H2,1H3,(H,21,23)/t14-/m1/s1. The van der Waals surface area contributed by atoms with Crippen molar-refractivity contribution in [3.05, 3.63) is 34.9 Å². The molecule has 0 aliphatic carbocycles. The highest BCUT2D eigenvalue weighted by Crippen LogP contribution is 2.32. The molecule has 5 nitrogen and oxygen atoms in total. The van der Waals surface area contributed by atoms with E-state index in [4.69, 9.17) is 16.3 Å². The fourth-order valence-electron chi connectivity index (χ4n) is 3.70. The normalized spacial score (nSPS) is 22.0. The van der Waals surface area contributed by atoms with Crippen molar-refractivity contribution in [3.63, 3.8) is 0 Å². The highest BCUT2D eigenvalue weighted by molar-refractivity contribution is 6.30. The fraction of sp³-hybridized carbons (Fsp3) is 0.611. The second kappa shape index (κ2) is 7.72. The molecular weight excluding hydrogens is 326 g/mol. The molecule has 0 saturated carbocycles. The van der Waals surface area contributed by atoms with Crippen molar-refractivity contribution < 1.29 is 9.53 Å². The summed E-state index contributed by atoms with van der Waals surface area (Å²) in [6, 6.07) is 7.60. The van der Waals surface area contributed by atoms with Gasteiger partial charge in [0.2, 0.25) is 0 Å². The summed E-state index contributed by atoms with van der Waals surface area (Å²) in [4.78, 5) is 15.0. The average Bonchev–Trinajstić information content (AvgIpc) is 2.78. The highest BCUT2D eigenvalue weighted by atomic mass is 35.5. The lowest BCUT2D eigenvalue weighted by atomic mass is 9.85. The molecule has 2 saturated heterocycles. The van der Waals surface area contributed by atoms with Crippen LogP contribution in [-0.2, 0) is 4.74 Å². The molecule has 0 bridgehead atoms. The number of nitrogens with zero attached hydrogens (tertiary/aromatic N) is 1. The quantitative estimate of drug-likeness (QED) is 0.861. The van der Waals surface area contributed by atoms with Crippen LogP contribution in [0.3, 0.4) is 0 Å². The second-order valence-electron chi connectivity index (χ2n) is 6.71. The molecule has 3 rings (SSSR count). The van der Waals surface area contributed by atoms with E-state index in [9.17, 15) is 4.79 Å². The molecule has 1 spiro atoms. The molecule has 2 amide bonds. The van der Waals surface area contributed by atoms with Crippen LogP contribution in [-0.4, -0.2) is 49.3 Å². The molecule has 1 aromatic carbocycles. The van der Waals surface area contributed by atoms with E-state index in [1.807, 2.05) is 36.1 Å². The molecule has 2 heterocycles. The summed E-state index contributed by atoms with van der Waals surface area (Å²) in [5, 5.41) is 7.28. The first-order chi connectivity index (χ1) is 11.6. The van der Waals surface area contributed by atoms with Crippen LogP contribution < -0.4 is 10.6 Å². The molecule has 24 heavy (non-hydrogen) atoms. The SMILES string of the molecule is C[C@@H](NC(=O)N1CCNCCC12CCOCC2)c1ccc(Cl)cc1. The summed E-state index contributed by atoms with van der Waals surface area (Å²) in [6.07, 6.45) is 2.81. The van der Waals surface area contributed by atoms with Gasteiger partial charge >= 0.3 is 6.03 Å². The minimum absolute atomic E-state index is 0.0167. The summed E-state index contributed by atoms with van der Waals surface area (Å²) in [7, 11) is 0. The molecule has 0 radical (unpaired) electrons. The zero-order valence-corrected chi connectivity index (χ0v) is 14.9. The number of rotatable bonds is 2. The second-order valence-corrected chi connectivity index (χ2v) is 7.15. The average molecular weight is 352 g/mol. The molecule has 1 aromatic rings. The van der Waals surface area contributed by atoms with Gasteiger partial charge in [-0.1, -0.05) is 23.7 Å². The number of hydrogen-bond donors (Lipinski definition) is 2. The lowest BCUT2D eigenvalue weighted by molar-refractivity contribution is -0.00929. The molecule has 132 valence electrons. The van der Waals surface area contributed by atoms with Gasteiger partial charge in [0.15, 0.2) is 0 Å². The third-order valence-corrected chi connectivity index (χ3v) is 5.48. The van der Waals surface area contributed by atoms with E-state index in [-0.39, 0.29) is 17.6 Å². The number of halogens is 1. The predicted octanol–water partition coefficient (Wildman–Crippen LogP) is 2.96. The summed E-state index contributed by atoms with van der Waals surface area (Å²) in [5.41, 5.74) is 0.979. The van der Waals surface area contributed by atoms with E-state index in [1.54, 1.807) is 0 Å². The number of nitrogens with one attached hydrogen (secondary N) is 2. The van der Waals surface area contributed by atoms with Crippen LogP contribution in [0.25, 0.3) is 0 Å². The molecular formula is C18H26ClN3O2. The Morgan fingerprint density at radius 3 is 2.67 bits per heavy atom. The van der Waals surface area contributed by atoms with E-state index < -0.39 is 0 Å². The van der Waals surface area contributed by atoms with E-state index in [1.165, 1.54) is 0 Å². The molecule has 1 atom stereocenters. The fourth-order valence-corrected chi connectivity index (χ4v) is 3.82. The van der Waals surface area contributed by atoms with Crippen LogP contribution in [0.4, 0.5) is 4.79 Å². The Kier molecular flexibility index (Phi) is 5.64. The minimum atomic E-state index is -0.0778. The Bertz CT molecular complexity index is 558. The Morgan fingerprint density at radius 1 is 1.25 bits per heavy atom. The van der Waals surface area contributed by atoms with Crippen LogP contribution in [0.1, 0.15) is 37.8 Å². The van der Waals surface area contributed by atoms with E-state index in [0.717, 1.165) is 57.7 Å². The van der Waals surface area contributed by atoms with Crippen molar-refractivity contribution in [1.82, 2.24) is 15.5 Å². The first-order valence-electron chi connectivity index (χ1n) is 8.73. The van der Waals surface area contributed by atoms with Crippen molar-refractivity contribution in [3.8, 4) is 0 Å². The topological polar surface area (TPSA) is 53.6 Å². The monoisotopic (exact) mass is 351 g/mol. The summed E-state index contributed by atoms with van der Waals surface area (Å²) >= 11 is 5.94. The summed E-state index contributed by atoms with van der Waals surface area (Å²) < 4.78 is 5.54. The van der Waals surface area contributed by atoms with Crippen molar-refractivity contribution >= 4 is 17.6 Å². The van der Waals surface area contributed by atoms with Crippen molar-refractivity contribution in [2.24, 2.45) is 0 Å². The third-order valence-electron chi connectivity index (χ3n) is 5.23. The van der Waals surface area contributed by atoms with E-state index in [2.05, 4.69) is 10.6 Å². The van der Waals surface area contributed by atoms with Crippen LogP contribution in [0.5, 0.6) is 0 Å². The molecule has 2 fully saturated rings. The molecule has 2 aliphatic heterocycles. The molecule has 2 aliphatic rings. The maximum Gasteiger partial charge on any atom is 0.318 e. The number of amides is 2. The molecule has 2 N–H and O–H groups in total. The third kappa shape index (κ3) is 3.85. The van der Waals surface area contributed by atoms with Gasteiger partial charge in [-0.25, -0.2) is 4.79 Å². The van der Waals surface area contributed by atoms with Crippen LogP contribution in [0.2, 0.25) is 5.02 Å². The number of ether oxygens (including phenoxy) is 1. The van der Waals surface area contributed by atoms with Gasteiger partial charge in [-0.05, 0) is 50.4 Å². The zero-order valence-electron chi connectivity index (χ0n) is 14.2. The van der Waals surface area contributed by atoms with E-state index in [0.29, 0.717) is 5.02 Å². The van der Waals surface area contributed by atoms with Crippen LogP contribution >= 0.6 is 11.6 Å². The van der Waals surface area contributed by atoms with Crippen molar-refractivity contribution in [1.29, 1.82) is 0 Å². The van der Waals surface area contributed by atoms with Crippen LogP contribution in [0.15, 0.2) is 24.3 Å². The number of benzene rings is 1. The first-order valence-corrected chi connectivity index (χ1v) is 9.11. The van der Waals surface area contributed by atoms with Gasteiger partial charge in [0.05, 0.1) is 11.6 Å². The van der Waals surface area contributed by atoms with Crippen molar-refractivity contribution in [2.75, 3.05) is 32.8 Å². The van der Waals surface area contributed by atoms with Gasteiger partial charge in [0, 0.05) is 31.3 Å². The highest BCUT2D eigenvalue weighted by Gasteiger charge is 2.41.